The normalized spacial score (nSPS) is 16.7. The molecule has 0 N–H and O–H groups in total. The molecule has 13 heavy (non-hydrogen) atoms. The van der Waals surface area contributed by atoms with E-state index in [9.17, 15) is 0 Å². The number of hydrogen-bond donors (Lipinski definition) is 0. The first-order valence-corrected chi connectivity index (χ1v) is 4.70. The van der Waals surface area contributed by atoms with Gasteiger partial charge in [0, 0.05) is 11.3 Å². The monoisotopic (exact) mass is 173 g/mol. The highest BCUT2D eigenvalue weighted by molar-refractivity contribution is 5.80. The van der Waals surface area contributed by atoms with E-state index in [-0.39, 0.29) is 0 Å². The number of rotatable bonds is 1. The third-order valence-electron chi connectivity index (χ3n) is 2.62. The van der Waals surface area contributed by atoms with E-state index >= 15 is 0 Å². The summed E-state index contributed by atoms with van der Waals surface area (Å²) in [6.45, 7) is 2.07. The first-order valence-electron chi connectivity index (χ1n) is 4.70. The quantitative estimate of drug-likeness (QED) is 0.662. The molecule has 0 saturated heterocycles. The van der Waals surface area contributed by atoms with Crippen molar-refractivity contribution in [1.29, 1.82) is 0 Å². The van der Waals surface area contributed by atoms with Crippen molar-refractivity contribution < 1.29 is 4.52 Å². The Morgan fingerprint density at radius 2 is 2.23 bits per heavy atom. The molecule has 66 valence electrons. The van der Waals surface area contributed by atoms with Gasteiger partial charge in [-0.1, -0.05) is 11.2 Å². The number of aryl methyl sites for hydroxylation is 1. The van der Waals surface area contributed by atoms with Gasteiger partial charge in [0.15, 0.2) is 5.58 Å². The first-order chi connectivity index (χ1) is 6.34. The highest BCUT2D eigenvalue weighted by Gasteiger charge is 2.28. The fraction of sp³-hybridized carbons (Fsp3) is 0.364. The second kappa shape index (κ2) is 2.34. The zero-order chi connectivity index (χ0) is 8.84. The Morgan fingerprint density at radius 3 is 3.00 bits per heavy atom. The lowest BCUT2D eigenvalue weighted by molar-refractivity contribution is 0.446. The Balaban J connectivity index is 2.26. The van der Waals surface area contributed by atoms with E-state index in [0.29, 0.717) is 5.92 Å². The van der Waals surface area contributed by atoms with Crippen LogP contribution < -0.4 is 0 Å². The van der Waals surface area contributed by atoms with Crippen molar-refractivity contribution in [2.24, 2.45) is 0 Å². The van der Waals surface area contributed by atoms with Crippen molar-refractivity contribution in [2.45, 2.75) is 25.7 Å². The Hall–Kier alpha value is -1.31. The Kier molecular flexibility index (Phi) is 1.29. The van der Waals surface area contributed by atoms with Gasteiger partial charge >= 0.3 is 0 Å². The molecule has 1 aliphatic carbocycles. The molecule has 2 heteroatoms. The molecule has 0 spiro atoms. The van der Waals surface area contributed by atoms with Gasteiger partial charge in [0.2, 0.25) is 0 Å². The average Bonchev–Trinajstić information content (AvgIpc) is 2.87. The maximum absolute atomic E-state index is 5.28. The van der Waals surface area contributed by atoms with Crippen LogP contribution in [-0.2, 0) is 0 Å². The molecular weight excluding hydrogens is 162 g/mol. The van der Waals surface area contributed by atoms with E-state index in [2.05, 4.69) is 24.2 Å². The number of nitrogens with zero attached hydrogens (tertiary/aromatic N) is 1. The standard InChI is InChI=1S/C11H11NO/c1-7-2-5-9-10(6-7)13-12-11(9)8-3-4-8/h2,5-6,8H,3-4H2,1H3. The van der Waals surface area contributed by atoms with Gasteiger partial charge in [0.25, 0.3) is 0 Å². The van der Waals surface area contributed by atoms with Crippen LogP contribution in [0.15, 0.2) is 22.7 Å². The molecule has 1 saturated carbocycles. The highest BCUT2D eigenvalue weighted by Crippen LogP contribution is 2.42. The van der Waals surface area contributed by atoms with E-state index in [1.165, 1.54) is 23.8 Å². The van der Waals surface area contributed by atoms with Crippen molar-refractivity contribution >= 4 is 11.0 Å². The summed E-state index contributed by atoms with van der Waals surface area (Å²) in [5, 5.41) is 5.33. The minimum atomic E-state index is 0.670. The minimum Gasteiger partial charge on any atom is -0.356 e. The third kappa shape index (κ3) is 1.05. The van der Waals surface area contributed by atoms with Crippen LogP contribution >= 0.6 is 0 Å². The van der Waals surface area contributed by atoms with Crippen LogP contribution in [0.25, 0.3) is 11.0 Å². The third-order valence-corrected chi connectivity index (χ3v) is 2.62. The molecule has 3 rings (SSSR count). The highest BCUT2D eigenvalue weighted by atomic mass is 16.5. The number of hydrogen-bond acceptors (Lipinski definition) is 2. The van der Waals surface area contributed by atoms with Gasteiger partial charge in [0.05, 0.1) is 5.69 Å². The summed E-state index contributed by atoms with van der Waals surface area (Å²) in [6, 6.07) is 6.29. The van der Waals surface area contributed by atoms with Crippen LogP contribution in [0.4, 0.5) is 0 Å². The predicted octanol–water partition coefficient (Wildman–Crippen LogP) is 3.01. The number of aromatic nitrogens is 1. The van der Waals surface area contributed by atoms with Gasteiger partial charge in [0.1, 0.15) is 0 Å². The molecule has 0 atom stereocenters. The molecule has 2 aromatic rings. The molecule has 2 nitrogen and oxygen atoms in total. The van der Waals surface area contributed by atoms with Crippen LogP contribution in [0.5, 0.6) is 0 Å². The predicted molar refractivity (Wildman–Crippen MR) is 50.7 cm³/mol. The Morgan fingerprint density at radius 1 is 1.38 bits per heavy atom. The van der Waals surface area contributed by atoms with Gasteiger partial charge in [-0.25, -0.2) is 0 Å². The van der Waals surface area contributed by atoms with E-state index in [1.54, 1.807) is 0 Å². The van der Waals surface area contributed by atoms with Crippen LogP contribution in [0.1, 0.15) is 30.0 Å². The smallest absolute Gasteiger partial charge is 0.167 e. The van der Waals surface area contributed by atoms with Crippen LogP contribution in [0.2, 0.25) is 0 Å². The van der Waals surface area contributed by atoms with Crippen molar-refractivity contribution in [3.8, 4) is 0 Å². The molecule has 1 aromatic carbocycles. The van der Waals surface area contributed by atoms with E-state index < -0.39 is 0 Å². The molecule has 0 aliphatic heterocycles. The molecular formula is C11H11NO. The van der Waals surface area contributed by atoms with Gasteiger partial charge in [-0.05, 0) is 37.5 Å². The van der Waals surface area contributed by atoms with Crippen LogP contribution in [0, 0.1) is 6.92 Å². The van der Waals surface area contributed by atoms with Gasteiger partial charge in [-0.2, -0.15) is 0 Å². The lowest BCUT2D eigenvalue weighted by atomic mass is 10.1. The molecule has 1 heterocycles. The second-order valence-electron chi connectivity index (χ2n) is 3.84. The van der Waals surface area contributed by atoms with Gasteiger partial charge in [-0.3, -0.25) is 0 Å². The van der Waals surface area contributed by atoms with E-state index in [4.69, 9.17) is 4.52 Å². The molecule has 1 fully saturated rings. The first kappa shape index (κ1) is 7.13. The van der Waals surface area contributed by atoms with Crippen LogP contribution in [-0.4, -0.2) is 5.16 Å². The SMILES string of the molecule is Cc1ccc2c(C3CC3)noc2c1. The maximum atomic E-state index is 5.28. The summed E-state index contributed by atoms with van der Waals surface area (Å²) in [4.78, 5) is 0. The Labute approximate surface area is 76.5 Å². The fourth-order valence-corrected chi connectivity index (χ4v) is 1.72. The van der Waals surface area contributed by atoms with Crippen molar-refractivity contribution in [3.05, 3.63) is 29.5 Å². The summed E-state index contributed by atoms with van der Waals surface area (Å²) in [5.74, 6) is 0.670. The Bertz CT molecular complexity index is 454. The summed E-state index contributed by atoms with van der Waals surface area (Å²) in [7, 11) is 0. The van der Waals surface area contributed by atoms with Crippen LogP contribution in [0.3, 0.4) is 0 Å². The second-order valence-corrected chi connectivity index (χ2v) is 3.84. The minimum absolute atomic E-state index is 0.670. The topological polar surface area (TPSA) is 26.0 Å². The van der Waals surface area contributed by atoms with Crippen molar-refractivity contribution in [3.63, 3.8) is 0 Å². The van der Waals surface area contributed by atoms with Gasteiger partial charge < -0.3 is 4.52 Å². The molecule has 1 aliphatic rings. The zero-order valence-electron chi connectivity index (χ0n) is 7.58. The zero-order valence-corrected chi connectivity index (χ0v) is 7.58. The van der Waals surface area contributed by atoms with Crippen molar-refractivity contribution in [2.75, 3.05) is 0 Å². The average molecular weight is 173 g/mol. The summed E-state index contributed by atoms with van der Waals surface area (Å²) < 4.78 is 5.28. The molecule has 0 radical (unpaired) electrons. The van der Waals surface area contributed by atoms with E-state index in [1.807, 2.05) is 6.07 Å². The largest absolute Gasteiger partial charge is 0.356 e. The molecule has 1 aromatic heterocycles. The van der Waals surface area contributed by atoms with Crippen molar-refractivity contribution in [1.82, 2.24) is 5.16 Å². The maximum Gasteiger partial charge on any atom is 0.167 e. The molecule has 0 unspecified atom stereocenters. The summed E-state index contributed by atoms with van der Waals surface area (Å²) in [6.07, 6.45) is 2.55. The van der Waals surface area contributed by atoms with E-state index in [0.717, 1.165) is 11.3 Å². The summed E-state index contributed by atoms with van der Waals surface area (Å²) in [5.41, 5.74) is 3.32. The lowest BCUT2D eigenvalue weighted by Crippen LogP contribution is -1.78. The summed E-state index contributed by atoms with van der Waals surface area (Å²) >= 11 is 0. The number of benzene rings is 1. The molecule has 0 amide bonds. The lowest BCUT2D eigenvalue weighted by Gasteiger charge is -1.91. The number of fused-ring (bicyclic) bond motifs is 1. The van der Waals surface area contributed by atoms with Gasteiger partial charge in [-0.15, -0.1) is 0 Å². The fourth-order valence-electron chi connectivity index (χ4n) is 1.72. The molecule has 0 bridgehead atoms.